The Bertz CT molecular complexity index is 615. The van der Waals surface area contributed by atoms with Gasteiger partial charge in [0, 0.05) is 16.6 Å². The zero-order valence-electron chi connectivity index (χ0n) is 18.3. The van der Waals surface area contributed by atoms with E-state index in [2.05, 4.69) is 13.2 Å². The van der Waals surface area contributed by atoms with Crippen molar-refractivity contribution in [1.82, 2.24) is 0 Å². The molecule has 5 nitrogen and oxygen atoms in total. The highest BCUT2D eigenvalue weighted by molar-refractivity contribution is 5.89. The summed E-state index contributed by atoms with van der Waals surface area (Å²) < 4.78 is 10.9. The topological polar surface area (TPSA) is 72.8 Å². The molecule has 158 valence electrons. The summed E-state index contributed by atoms with van der Waals surface area (Å²) in [5, 5.41) is 11.1. The van der Waals surface area contributed by atoms with Gasteiger partial charge in [-0.05, 0) is 85.5 Å². The van der Waals surface area contributed by atoms with Crippen molar-refractivity contribution < 1.29 is 24.2 Å². The molecule has 2 saturated carbocycles. The number of aliphatic hydroxyl groups is 1. The molecule has 0 aromatic carbocycles. The van der Waals surface area contributed by atoms with Gasteiger partial charge in [0.15, 0.2) is 0 Å². The molecule has 0 spiro atoms. The van der Waals surface area contributed by atoms with E-state index in [-0.39, 0.29) is 11.8 Å². The van der Waals surface area contributed by atoms with E-state index in [1.807, 2.05) is 41.5 Å². The molecule has 0 aromatic heterocycles. The standard InChI is InChI=1S/C23H36O5/c1-14(19(25)27-21(3,4)5)12-23(17-10-9-16(11-17)18(23)24)13-15(2)20(26)28-22(6,7)8/h16-18,24H,1-2,9-13H2,3-8H3/t16-,17+,18-/m1/s1. The number of hydrogen-bond donors (Lipinski definition) is 1. The van der Waals surface area contributed by atoms with E-state index in [9.17, 15) is 14.7 Å². The van der Waals surface area contributed by atoms with Crippen LogP contribution < -0.4 is 0 Å². The van der Waals surface area contributed by atoms with E-state index < -0.39 is 34.7 Å². The molecule has 2 aliphatic rings. The number of carbonyl (C=O) groups is 2. The molecule has 0 radical (unpaired) electrons. The Balaban J connectivity index is 2.21. The van der Waals surface area contributed by atoms with Crippen LogP contribution in [-0.4, -0.2) is 34.4 Å². The van der Waals surface area contributed by atoms with Crippen LogP contribution in [0, 0.1) is 17.3 Å². The third-order valence-electron chi connectivity index (χ3n) is 5.78. The summed E-state index contributed by atoms with van der Waals surface area (Å²) in [5.74, 6) is -0.483. The number of hydrogen-bond acceptors (Lipinski definition) is 5. The Labute approximate surface area is 169 Å². The van der Waals surface area contributed by atoms with Gasteiger partial charge in [0.25, 0.3) is 0 Å². The molecule has 1 N–H and O–H groups in total. The van der Waals surface area contributed by atoms with Gasteiger partial charge in [-0.2, -0.15) is 0 Å². The third-order valence-corrected chi connectivity index (χ3v) is 5.78. The highest BCUT2D eigenvalue weighted by Crippen LogP contribution is 2.61. The maximum Gasteiger partial charge on any atom is 0.333 e. The SMILES string of the molecule is C=C(CC1(CC(=C)C(=O)OC(C)(C)C)[C@H]2CC[C@H](C2)[C@H]1O)C(=O)OC(C)(C)C. The largest absolute Gasteiger partial charge is 0.457 e. The maximum atomic E-state index is 12.5. The third kappa shape index (κ3) is 5.05. The van der Waals surface area contributed by atoms with Crippen molar-refractivity contribution in [2.45, 2.75) is 91.0 Å². The van der Waals surface area contributed by atoms with Crippen molar-refractivity contribution in [3.8, 4) is 0 Å². The lowest BCUT2D eigenvalue weighted by Gasteiger charge is -2.42. The van der Waals surface area contributed by atoms with Crippen molar-refractivity contribution in [2.24, 2.45) is 17.3 Å². The number of carbonyl (C=O) groups excluding carboxylic acids is 2. The molecule has 0 saturated heterocycles. The average molecular weight is 393 g/mol. The van der Waals surface area contributed by atoms with Crippen molar-refractivity contribution in [2.75, 3.05) is 0 Å². The van der Waals surface area contributed by atoms with Crippen LogP contribution in [0.25, 0.3) is 0 Å². The van der Waals surface area contributed by atoms with Crippen LogP contribution in [0.1, 0.15) is 73.6 Å². The number of rotatable bonds is 6. The van der Waals surface area contributed by atoms with E-state index in [0.717, 1.165) is 19.3 Å². The highest BCUT2D eigenvalue weighted by atomic mass is 16.6. The lowest BCUT2D eigenvalue weighted by atomic mass is 9.64. The molecule has 2 fully saturated rings. The van der Waals surface area contributed by atoms with Gasteiger partial charge in [0.2, 0.25) is 0 Å². The molecule has 0 aliphatic heterocycles. The van der Waals surface area contributed by atoms with Gasteiger partial charge in [-0.1, -0.05) is 13.2 Å². The van der Waals surface area contributed by atoms with Gasteiger partial charge in [-0.3, -0.25) is 0 Å². The Kier molecular flexibility index (Phi) is 6.20. The van der Waals surface area contributed by atoms with E-state index >= 15 is 0 Å². The summed E-state index contributed by atoms with van der Waals surface area (Å²) in [6.45, 7) is 18.8. The first-order valence-corrected chi connectivity index (χ1v) is 10.1. The van der Waals surface area contributed by atoms with Crippen LogP contribution in [0.3, 0.4) is 0 Å². The molecule has 2 aliphatic carbocycles. The fourth-order valence-corrected chi connectivity index (χ4v) is 4.74. The zero-order valence-corrected chi connectivity index (χ0v) is 18.3. The van der Waals surface area contributed by atoms with Crippen LogP contribution >= 0.6 is 0 Å². The van der Waals surface area contributed by atoms with Gasteiger partial charge in [-0.15, -0.1) is 0 Å². The first kappa shape index (κ1) is 22.7. The molecule has 0 amide bonds. The average Bonchev–Trinajstić information content (AvgIpc) is 3.07. The molecule has 5 heteroatoms. The predicted octanol–water partition coefficient (Wildman–Crippen LogP) is 4.34. The summed E-state index contributed by atoms with van der Waals surface area (Å²) in [4.78, 5) is 25.0. The van der Waals surface area contributed by atoms with Crippen molar-refractivity contribution >= 4 is 11.9 Å². The van der Waals surface area contributed by atoms with Gasteiger partial charge in [-0.25, -0.2) is 9.59 Å². The van der Waals surface area contributed by atoms with E-state index in [1.54, 1.807) is 0 Å². The lowest BCUT2D eigenvalue weighted by Crippen LogP contribution is -2.43. The van der Waals surface area contributed by atoms with E-state index in [0.29, 0.717) is 24.0 Å². The normalized spacial score (nSPS) is 26.0. The van der Waals surface area contributed by atoms with Crippen molar-refractivity contribution in [3.63, 3.8) is 0 Å². The molecule has 2 rings (SSSR count). The zero-order chi connectivity index (χ0) is 21.5. The van der Waals surface area contributed by atoms with E-state index in [1.165, 1.54) is 0 Å². The fraction of sp³-hybridized carbons (Fsp3) is 0.739. The summed E-state index contributed by atoms with van der Waals surface area (Å²) in [5.41, 5.74) is -1.18. The molecular formula is C23H36O5. The van der Waals surface area contributed by atoms with Crippen LogP contribution in [-0.2, 0) is 19.1 Å². The molecular weight excluding hydrogens is 356 g/mol. The number of fused-ring (bicyclic) bond motifs is 2. The Morgan fingerprint density at radius 3 is 1.68 bits per heavy atom. The smallest absolute Gasteiger partial charge is 0.333 e. The summed E-state index contributed by atoms with van der Waals surface area (Å²) in [6, 6.07) is 0. The molecule has 3 atom stereocenters. The first-order chi connectivity index (χ1) is 12.6. The predicted molar refractivity (Wildman–Crippen MR) is 108 cm³/mol. The summed E-state index contributed by atoms with van der Waals surface area (Å²) >= 11 is 0. The lowest BCUT2D eigenvalue weighted by molar-refractivity contribution is -0.150. The second kappa shape index (κ2) is 7.66. The minimum Gasteiger partial charge on any atom is -0.457 e. The summed E-state index contributed by atoms with van der Waals surface area (Å²) in [6.07, 6.45) is 2.86. The fourth-order valence-electron chi connectivity index (χ4n) is 4.74. The molecule has 2 bridgehead atoms. The second-order valence-electron chi connectivity index (χ2n) is 10.5. The Morgan fingerprint density at radius 2 is 1.36 bits per heavy atom. The van der Waals surface area contributed by atoms with Gasteiger partial charge in [0.1, 0.15) is 11.2 Å². The van der Waals surface area contributed by atoms with Gasteiger partial charge in [0.05, 0.1) is 6.10 Å². The highest BCUT2D eigenvalue weighted by Gasteiger charge is 2.58. The van der Waals surface area contributed by atoms with Crippen LogP contribution in [0.4, 0.5) is 0 Å². The molecule has 0 aromatic rings. The van der Waals surface area contributed by atoms with E-state index in [4.69, 9.17) is 9.47 Å². The monoisotopic (exact) mass is 392 g/mol. The van der Waals surface area contributed by atoms with Gasteiger partial charge >= 0.3 is 11.9 Å². The van der Waals surface area contributed by atoms with Crippen molar-refractivity contribution in [3.05, 3.63) is 24.3 Å². The number of ether oxygens (including phenoxy) is 2. The number of esters is 2. The molecule has 28 heavy (non-hydrogen) atoms. The molecule has 0 unspecified atom stereocenters. The van der Waals surface area contributed by atoms with Crippen LogP contribution in [0.2, 0.25) is 0 Å². The number of aliphatic hydroxyl groups excluding tert-OH is 1. The van der Waals surface area contributed by atoms with Crippen LogP contribution in [0.5, 0.6) is 0 Å². The second-order valence-corrected chi connectivity index (χ2v) is 10.5. The summed E-state index contributed by atoms with van der Waals surface area (Å²) in [7, 11) is 0. The Hall–Kier alpha value is -1.62. The first-order valence-electron chi connectivity index (χ1n) is 10.1. The minimum atomic E-state index is -0.620. The quantitative estimate of drug-likeness (QED) is 0.538. The van der Waals surface area contributed by atoms with Gasteiger partial charge < -0.3 is 14.6 Å². The Morgan fingerprint density at radius 1 is 0.929 bits per heavy atom. The van der Waals surface area contributed by atoms with Crippen molar-refractivity contribution in [1.29, 1.82) is 0 Å². The maximum absolute atomic E-state index is 12.5. The van der Waals surface area contributed by atoms with Crippen LogP contribution in [0.15, 0.2) is 24.3 Å². The minimum absolute atomic E-state index is 0.197. The molecule has 0 heterocycles.